The number of hydrogen-bond acceptors (Lipinski definition) is 6. The van der Waals surface area contributed by atoms with Crippen molar-refractivity contribution in [2.24, 2.45) is 4.99 Å². The Balaban J connectivity index is 2.12. The van der Waals surface area contributed by atoms with Crippen LogP contribution >= 0.6 is 11.3 Å². The highest BCUT2D eigenvalue weighted by Crippen LogP contribution is 2.25. The Labute approximate surface area is 177 Å². The number of aromatic nitrogens is 1. The van der Waals surface area contributed by atoms with Gasteiger partial charge in [0.25, 0.3) is 5.91 Å². The standard InChI is InChI=1S/C21H23N3O5S/c1-13(25)22-14-5-7-17-19(11-14)30-21(24(17)9-10-27-2)23-20(26)16-12-15(28-3)6-8-18(16)29-4/h5-8,11-12H,9-10H2,1-4H3,(H,22,25). The van der Waals surface area contributed by atoms with Gasteiger partial charge in [-0.1, -0.05) is 11.3 Å². The van der Waals surface area contributed by atoms with Crippen molar-refractivity contribution in [3.05, 3.63) is 46.8 Å². The predicted molar refractivity (Wildman–Crippen MR) is 115 cm³/mol. The van der Waals surface area contributed by atoms with Crippen LogP contribution < -0.4 is 19.6 Å². The molecule has 0 radical (unpaired) electrons. The molecule has 1 aromatic heterocycles. The van der Waals surface area contributed by atoms with Crippen LogP contribution in [-0.2, 0) is 16.1 Å². The average molecular weight is 429 g/mol. The number of benzene rings is 2. The summed E-state index contributed by atoms with van der Waals surface area (Å²) in [5, 5.41) is 2.77. The number of ether oxygens (including phenoxy) is 3. The lowest BCUT2D eigenvalue weighted by molar-refractivity contribution is -0.114. The van der Waals surface area contributed by atoms with Crippen LogP contribution in [0.5, 0.6) is 11.5 Å². The van der Waals surface area contributed by atoms with Crippen LogP contribution in [0.4, 0.5) is 5.69 Å². The van der Waals surface area contributed by atoms with E-state index < -0.39 is 5.91 Å². The lowest BCUT2D eigenvalue weighted by atomic mass is 10.2. The smallest absolute Gasteiger partial charge is 0.283 e. The van der Waals surface area contributed by atoms with Gasteiger partial charge in [-0.2, -0.15) is 4.99 Å². The lowest BCUT2D eigenvalue weighted by Gasteiger charge is -2.08. The van der Waals surface area contributed by atoms with E-state index in [1.165, 1.54) is 32.5 Å². The number of carbonyl (C=O) groups excluding carboxylic acids is 2. The fourth-order valence-electron chi connectivity index (χ4n) is 2.97. The van der Waals surface area contributed by atoms with Crippen LogP contribution in [0, 0.1) is 0 Å². The second-order valence-electron chi connectivity index (χ2n) is 6.38. The molecule has 0 saturated carbocycles. The van der Waals surface area contributed by atoms with Gasteiger partial charge in [0.05, 0.1) is 36.6 Å². The van der Waals surface area contributed by atoms with Crippen LogP contribution in [0.3, 0.4) is 0 Å². The zero-order valence-electron chi connectivity index (χ0n) is 17.2. The van der Waals surface area contributed by atoms with Gasteiger partial charge in [-0.25, -0.2) is 0 Å². The molecule has 2 amide bonds. The van der Waals surface area contributed by atoms with Gasteiger partial charge in [-0.3, -0.25) is 9.59 Å². The number of anilines is 1. The van der Waals surface area contributed by atoms with E-state index in [1.807, 2.05) is 22.8 Å². The summed E-state index contributed by atoms with van der Waals surface area (Å²) in [6.07, 6.45) is 0. The Hall–Kier alpha value is -3.17. The highest BCUT2D eigenvalue weighted by molar-refractivity contribution is 7.16. The van der Waals surface area contributed by atoms with Gasteiger partial charge >= 0.3 is 0 Å². The Kier molecular flexibility index (Phi) is 6.86. The number of carbonyl (C=O) groups is 2. The fourth-order valence-corrected chi connectivity index (χ4v) is 4.06. The van der Waals surface area contributed by atoms with E-state index in [4.69, 9.17) is 14.2 Å². The molecule has 1 N–H and O–H groups in total. The zero-order chi connectivity index (χ0) is 21.7. The summed E-state index contributed by atoms with van der Waals surface area (Å²) in [5.74, 6) is 0.369. The molecule has 3 aromatic rings. The quantitative estimate of drug-likeness (QED) is 0.623. The molecule has 0 aliphatic carbocycles. The molecule has 0 bridgehead atoms. The minimum Gasteiger partial charge on any atom is -0.497 e. The van der Waals surface area contributed by atoms with Crippen molar-refractivity contribution in [1.82, 2.24) is 4.57 Å². The number of nitrogens with one attached hydrogen (secondary N) is 1. The first-order valence-corrected chi connectivity index (χ1v) is 9.99. The summed E-state index contributed by atoms with van der Waals surface area (Å²) < 4.78 is 18.6. The molecule has 0 spiro atoms. The van der Waals surface area contributed by atoms with Crippen LogP contribution in [-0.4, -0.2) is 44.3 Å². The molecule has 0 fully saturated rings. The highest BCUT2D eigenvalue weighted by atomic mass is 32.1. The van der Waals surface area contributed by atoms with Crippen molar-refractivity contribution in [2.45, 2.75) is 13.5 Å². The van der Waals surface area contributed by atoms with Crippen LogP contribution in [0.1, 0.15) is 17.3 Å². The summed E-state index contributed by atoms with van der Waals surface area (Å²) in [7, 11) is 4.65. The van der Waals surface area contributed by atoms with Gasteiger partial charge in [0, 0.05) is 26.3 Å². The maximum atomic E-state index is 13.0. The van der Waals surface area contributed by atoms with Crippen molar-refractivity contribution >= 4 is 39.1 Å². The van der Waals surface area contributed by atoms with Gasteiger partial charge in [0.2, 0.25) is 5.91 Å². The molecule has 0 unspecified atom stereocenters. The van der Waals surface area contributed by atoms with Gasteiger partial charge in [0.15, 0.2) is 4.80 Å². The Morgan fingerprint density at radius 2 is 1.90 bits per heavy atom. The van der Waals surface area contributed by atoms with E-state index >= 15 is 0 Å². The van der Waals surface area contributed by atoms with E-state index in [0.29, 0.717) is 40.7 Å². The summed E-state index contributed by atoms with van der Waals surface area (Å²) >= 11 is 1.36. The van der Waals surface area contributed by atoms with Crippen molar-refractivity contribution < 1.29 is 23.8 Å². The highest BCUT2D eigenvalue weighted by Gasteiger charge is 2.15. The van der Waals surface area contributed by atoms with E-state index in [2.05, 4.69) is 10.3 Å². The molecule has 1 heterocycles. The number of amides is 2. The van der Waals surface area contributed by atoms with Gasteiger partial charge < -0.3 is 24.1 Å². The number of nitrogens with zero attached hydrogens (tertiary/aromatic N) is 2. The molecule has 0 aliphatic heterocycles. The summed E-state index contributed by atoms with van der Waals surface area (Å²) in [5.41, 5.74) is 1.89. The minimum absolute atomic E-state index is 0.150. The molecule has 0 atom stereocenters. The molecule has 3 rings (SSSR count). The molecule has 2 aromatic carbocycles. The van der Waals surface area contributed by atoms with Crippen molar-refractivity contribution in [3.8, 4) is 11.5 Å². The first-order valence-electron chi connectivity index (χ1n) is 9.17. The zero-order valence-corrected chi connectivity index (χ0v) is 18.0. The van der Waals surface area contributed by atoms with E-state index in [-0.39, 0.29) is 5.91 Å². The largest absolute Gasteiger partial charge is 0.497 e. The number of fused-ring (bicyclic) bond motifs is 1. The summed E-state index contributed by atoms with van der Waals surface area (Å²) in [6, 6.07) is 10.6. The summed E-state index contributed by atoms with van der Waals surface area (Å²) in [4.78, 5) is 29.2. The third-order valence-corrected chi connectivity index (χ3v) is 5.40. The monoisotopic (exact) mass is 429 g/mol. The SMILES string of the molecule is COCCn1c(=NC(=O)c2cc(OC)ccc2OC)sc2cc(NC(C)=O)ccc21. The molecular formula is C21H23N3O5S. The minimum atomic E-state index is -0.439. The topological polar surface area (TPSA) is 91.2 Å². The number of thiazole rings is 1. The first kappa shape index (κ1) is 21.5. The third kappa shape index (κ3) is 4.69. The van der Waals surface area contributed by atoms with Gasteiger partial charge in [-0.05, 0) is 36.4 Å². The van der Waals surface area contributed by atoms with E-state index in [9.17, 15) is 9.59 Å². The molecule has 9 heteroatoms. The molecule has 8 nitrogen and oxygen atoms in total. The Bertz CT molecular complexity index is 1150. The molecule has 158 valence electrons. The number of hydrogen-bond donors (Lipinski definition) is 1. The second-order valence-corrected chi connectivity index (χ2v) is 7.39. The van der Waals surface area contributed by atoms with E-state index in [0.717, 1.165) is 10.2 Å². The Morgan fingerprint density at radius 3 is 2.57 bits per heavy atom. The molecular weight excluding hydrogens is 406 g/mol. The predicted octanol–water partition coefficient (Wildman–Crippen LogP) is 3.07. The van der Waals surface area contributed by atoms with Crippen molar-refractivity contribution in [1.29, 1.82) is 0 Å². The molecule has 0 saturated heterocycles. The van der Waals surface area contributed by atoms with Crippen LogP contribution in [0.25, 0.3) is 10.2 Å². The third-order valence-electron chi connectivity index (χ3n) is 4.36. The number of methoxy groups -OCH3 is 3. The van der Waals surface area contributed by atoms with Crippen LogP contribution in [0.2, 0.25) is 0 Å². The maximum absolute atomic E-state index is 13.0. The average Bonchev–Trinajstić information content (AvgIpc) is 3.07. The second kappa shape index (κ2) is 9.55. The maximum Gasteiger partial charge on any atom is 0.283 e. The fraction of sp³-hybridized carbons (Fsp3) is 0.286. The summed E-state index contributed by atoms with van der Waals surface area (Å²) in [6.45, 7) is 2.44. The van der Waals surface area contributed by atoms with Crippen LogP contribution in [0.15, 0.2) is 41.4 Å². The van der Waals surface area contributed by atoms with E-state index in [1.54, 1.807) is 25.3 Å². The van der Waals surface area contributed by atoms with Gasteiger partial charge in [-0.15, -0.1) is 0 Å². The first-order chi connectivity index (χ1) is 14.5. The van der Waals surface area contributed by atoms with Crippen molar-refractivity contribution in [2.75, 3.05) is 33.3 Å². The lowest BCUT2D eigenvalue weighted by Crippen LogP contribution is -2.19. The Morgan fingerprint density at radius 1 is 1.10 bits per heavy atom. The normalized spacial score (nSPS) is 11.5. The molecule has 30 heavy (non-hydrogen) atoms. The molecule has 0 aliphatic rings. The van der Waals surface area contributed by atoms with Crippen molar-refractivity contribution in [3.63, 3.8) is 0 Å². The van der Waals surface area contributed by atoms with Gasteiger partial charge in [0.1, 0.15) is 11.5 Å². The number of rotatable bonds is 7.